The van der Waals surface area contributed by atoms with Crippen molar-refractivity contribution in [2.75, 3.05) is 6.61 Å². The third kappa shape index (κ3) is 3.98. The fourth-order valence-electron chi connectivity index (χ4n) is 1.71. The number of aliphatic carboxylic acids is 1. The van der Waals surface area contributed by atoms with Crippen molar-refractivity contribution in [1.29, 1.82) is 0 Å². The third-order valence-corrected chi connectivity index (χ3v) is 2.71. The molecule has 18 heavy (non-hydrogen) atoms. The number of hydrogen-bond acceptors (Lipinski definition) is 3. The number of aliphatic hydroxyl groups is 2. The highest BCUT2D eigenvalue weighted by atomic mass is 16.4. The Balaban J connectivity index is 3.04. The van der Waals surface area contributed by atoms with E-state index in [4.69, 9.17) is 10.2 Å². The minimum absolute atomic E-state index is 0.0656. The van der Waals surface area contributed by atoms with E-state index < -0.39 is 18.7 Å². The van der Waals surface area contributed by atoms with Crippen molar-refractivity contribution in [3.05, 3.63) is 41.0 Å². The molecule has 0 spiro atoms. The van der Waals surface area contributed by atoms with Crippen molar-refractivity contribution in [2.45, 2.75) is 25.9 Å². The molecule has 1 aromatic rings. The number of carbonyl (C=O) groups is 1. The maximum Gasteiger partial charge on any atom is 0.331 e. The lowest BCUT2D eigenvalue weighted by Crippen LogP contribution is -2.16. The van der Waals surface area contributed by atoms with Crippen LogP contribution in [0.4, 0.5) is 0 Å². The number of benzene rings is 1. The quantitative estimate of drug-likeness (QED) is 0.668. The minimum atomic E-state index is -1.08. The van der Waals surface area contributed by atoms with E-state index >= 15 is 0 Å². The van der Waals surface area contributed by atoms with Gasteiger partial charge >= 0.3 is 5.97 Å². The Morgan fingerprint density at radius 3 is 2.61 bits per heavy atom. The van der Waals surface area contributed by atoms with Crippen molar-refractivity contribution in [1.82, 2.24) is 0 Å². The molecule has 0 heterocycles. The predicted molar refractivity (Wildman–Crippen MR) is 69.1 cm³/mol. The van der Waals surface area contributed by atoms with Crippen LogP contribution in [0, 0.1) is 0 Å². The SMILES string of the molecule is CCc1ccccc1C=C(CC(O)CO)C(=O)O. The second-order valence-corrected chi connectivity index (χ2v) is 4.07. The van der Waals surface area contributed by atoms with Crippen LogP contribution >= 0.6 is 0 Å². The van der Waals surface area contributed by atoms with Gasteiger partial charge in [-0.3, -0.25) is 0 Å². The van der Waals surface area contributed by atoms with Crippen LogP contribution in [-0.4, -0.2) is 34.0 Å². The molecular formula is C14H18O4. The Hall–Kier alpha value is -1.65. The van der Waals surface area contributed by atoms with Gasteiger partial charge in [-0.25, -0.2) is 4.79 Å². The summed E-state index contributed by atoms with van der Waals surface area (Å²) in [5.41, 5.74) is 1.98. The number of aliphatic hydroxyl groups excluding tert-OH is 2. The van der Waals surface area contributed by atoms with Crippen molar-refractivity contribution >= 4 is 12.0 Å². The van der Waals surface area contributed by atoms with E-state index in [-0.39, 0.29) is 12.0 Å². The second kappa shape index (κ2) is 6.93. The first-order valence-electron chi connectivity index (χ1n) is 5.89. The first kappa shape index (κ1) is 14.4. The summed E-state index contributed by atoms with van der Waals surface area (Å²) in [7, 11) is 0. The van der Waals surface area contributed by atoms with Gasteiger partial charge in [-0.05, 0) is 23.6 Å². The van der Waals surface area contributed by atoms with Crippen LogP contribution < -0.4 is 0 Å². The average Bonchev–Trinajstić information content (AvgIpc) is 2.38. The first-order valence-corrected chi connectivity index (χ1v) is 5.89. The van der Waals surface area contributed by atoms with Gasteiger partial charge in [0.05, 0.1) is 12.7 Å². The molecule has 0 saturated carbocycles. The molecule has 4 nitrogen and oxygen atoms in total. The predicted octanol–water partition coefficient (Wildman–Crippen LogP) is 1.46. The van der Waals surface area contributed by atoms with Gasteiger partial charge in [0.15, 0.2) is 0 Å². The highest BCUT2D eigenvalue weighted by molar-refractivity contribution is 5.92. The van der Waals surface area contributed by atoms with E-state index in [1.54, 1.807) is 6.08 Å². The number of rotatable bonds is 6. The molecule has 0 amide bonds. The minimum Gasteiger partial charge on any atom is -0.478 e. The molecule has 3 N–H and O–H groups in total. The van der Waals surface area contributed by atoms with Gasteiger partial charge in [0, 0.05) is 12.0 Å². The highest BCUT2D eigenvalue weighted by Crippen LogP contribution is 2.16. The van der Waals surface area contributed by atoms with E-state index in [2.05, 4.69) is 0 Å². The number of carboxylic acids is 1. The van der Waals surface area contributed by atoms with E-state index in [0.717, 1.165) is 17.5 Å². The van der Waals surface area contributed by atoms with Crippen LogP contribution in [-0.2, 0) is 11.2 Å². The van der Waals surface area contributed by atoms with Crippen LogP contribution in [0.1, 0.15) is 24.5 Å². The van der Waals surface area contributed by atoms with E-state index in [1.165, 1.54) is 0 Å². The summed E-state index contributed by atoms with van der Waals surface area (Å²) in [6.45, 7) is 1.55. The van der Waals surface area contributed by atoms with E-state index in [1.807, 2.05) is 31.2 Å². The summed E-state index contributed by atoms with van der Waals surface area (Å²) < 4.78 is 0. The number of hydrogen-bond donors (Lipinski definition) is 3. The Kier molecular flexibility index (Phi) is 5.55. The van der Waals surface area contributed by atoms with Gasteiger partial charge in [-0.15, -0.1) is 0 Å². The standard InChI is InChI=1S/C14H18O4/c1-2-10-5-3-4-6-11(10)7-12(14(17)18)8-13(16)9-15/h3-7,13,15-16H,2,8-9H2,1H3,(H,17,18). The summed E-state index contributed by atoms with van der Waals surface area (Å²) >= 11 is 0. The smallest absolute Gasteiger partial charge is 0.331 e. The first-order chi connectivity index (χ1) is 8.58. The van der Waals surface area contributed by atoms with E-state index in [0.29, 0.717) is 0 Å². The maximum absolute atomic E-state index is 11.1. The van der Waals surface area contributed by atoms with Gasteiger partial charge < -0.3 is 15.3 Å². The summed E-state index contributed by atoms with van der Waals surface area (Å²) in [6, 6.07) is 7.52. The van der Waals surface area contributed by atoms with Crippen LogP contribution in [0.25, 0.3) is 6.08 Å². The van der Waals surface area contributed by atoms with Crippen LogP contribution in [0.3, 0.4) is 0 Å². The summed E-state index contributed by atoms with van der Waals surface area (Å²) in [5, 5.41) is 27.2. The second-order valence-electron chi connectivity index (χ2n) is 4.07. The Morgan fingerprint density at radius 1 is 1.39 bits per heavy atom. The maximum atomic E-state index is 11.1. The average molecular weight is 250 g/mol. The van der Waals surface area contributed by atoms with Gasteiger partial charge in [-0.1, -0.05) is 31.2 Å². The van der Waals surface area contributed by atoms with Crippen molar-refractivity contribution < 1.29 is 20.1 Å². The summed E-state index contributed by atoms with van der Waals surface area (Å²) in [4.78, 5) is 11.1. The third-order valence-electron chi connectivity index (χ3n) is 2.71. The lowest BCUT2D eigenvalue weighted by molar-refractivity contribution is -0.133. The summed E-state index contributed by atoms with van der Waals surface area (Å²) in [6.07, 6.45) is 1.26. The van der Waals surface area contributed by atoms with Gasteiger partial charge in [0.1, 0.15) is 0 Å². The van der Waals surface area contributed by atoms with Crippen LogP contribution in [0.5, 0.6) is 0 Å². The molecule has 0 aliphatic carbocycles. The van der Waals surface area contributed by atoms with Gasteiger partial charge in [0.2, 0.25) is 0 Å². The fraction of sp³-hybridized carbons (Fsp3) is 0.357. The molecule has 0 fully saturated rings. The molecule has 0 radical (unpaired) electrons. The topological polar surface area (TPSA) is 77.8 Å². The van der Waals surface area contributed by atoms with Crippen molar-refractivity contribution in [3.8, 4) is 0 Å². The molecule has 1 rings (SSSR count). The molecule has 1 atom stereocenters. The fourth-order valence-corrected chi connectivity index (χ4v) is 1.71. The molecule has 0 aliphatic rings. The molecule has 0 aromatic heterocycles. The molecule has 1 unspecified atom stereocenters. The van der Waals surface area contributed by atoms with Crippen LogP contribution in [0.2, 0.25) is 0 Å². The summed E-state index contributed by atoms with van der Waals surface area (Å²) in [5.74, 6) is -1.08. The molecule has 98 valence electrons. The Morgan fingerprint density at radius 2 is 2.06 bits per heavy atom. The Bertz CT molecular complexity index is 437. The lowest BCUT2D eigenvalue weighted by atomic mass is 10.00. The molecule has 0 saturated heterocycles. The van der Waals surface area contributed by atoms with Crippen LogP contribution in [0.15, 0.2) is 29.8 Å². The Labute approximate surface area is 106 Å². The van der Waals surface area contributed by atoms with Gasteiger partial charge in [0.25, 0.3) is 0 Å². The van der Waals surface area contributed by atoms with Crippen molar-refractivity contribution in [2.24, 2.45) is 0 Å². The monoisotopic (exact) mass is 250 g/mol. The molecule has 1 aromatic carbocycles. The number of aryl methyl sites for hydroxylation is 1. The van der Waals surface area contributed by atoms with Crippen molar-refractivity contribution in [3.63, 3.8) is 0 Å². The molecule has 0 bridgehead atoms. The van der Waals surface area contributed by atoms with E-state index in [9.17, 15) is 9.90 Å². The highest BCUT2D eigenvalue weighted by Gasteiger charge is 2.13. The zero-order chi connectivity index (χ0) is 13.5. The molecular weight excluding hydrogens is 232 g/mol. The zero-order valence-corrected chi connectivity index (χ0v) is 10.3. The lowest BCUT2D eigenvalue weighted by Gasteiger charge is -2.09. The largest absolute Gasteiger partial charge is 0.478 e. The zero-order valence-electron chi connectivity index (χ0n) is 10.3. The molecule has 0 aliphatic heterocycles. The van der Waals surface area contributed by atoms with Gasteiger partial charge in [-0.2, -0.15) is 0 Å². The molecule has 4 heteroatoms. The number of carboxylic acid groups (broad SMARTS) is 1. The normalized spacial score (nSPS) is 13.4.